The number of amides is 1. The molecular weight excluding hydrogens is 611 g/mol. The van der Waals surface area contributed by atoms with Crippen LogP contribution in [0.5, 0.6) is 0 Å². The molecule has 0 aromatic heterocycles. The van der Waals surface area contributed by atoms with Crippen LogP contribution in [0.4, 0.5) is 5.69 Å². The predicted molar refractivity (Wildman–Crippen MR) is 187 cm³/mol. The summed E-state index contributed by atoms with van der Waals surface area (Å²) in [6.45, 7) is 14.3. The van der Waals surface area contributed by atoms with E-state index in [1.165, 1.54) is 79.9 Å². The highest BCUT2D eigenvalue weighted by Gasteiger charge is 2.59. The Labute approximate surface area is 283 Å². The molecule has 8 nitrogen and oxygen atoms in total. The Bertz CT molecular complexity index is 1440. The lowest BCUT2D eigenvalue weighted by Gasteiger charge is -2.59. The maximum atomic E-state index is 14.2. The van der Waals surface area contributed by atoms with E-state index in [9.17, 15) is 23.3 Å². The van der Waals surface area contributed by atoms with Crippen molar-refractivity contribution in [3.8, 4) is 0 Å². The molecule has 3 saturated carbocycles. The van der Waals surface area contributed by atoms with Crippen LogP contribution in [0.3, 0.4) is 0 Å². The van der Waals surface area contributed by atoms with Gasteiger partial charge in [0.25, 0.3) is 5.69 Å². The number of nitrogens with zero attached hydrogens (tertiary/aromatic N) is 2. The minimum absolute atomic E-state index is 0.0616. The van der Waals surface area contributed by atoms with Gasteiger partial charge >= 0.3 is 0 Å². The molecule has 0 radical (unpaired) electrons. The van der Waals surface area contributed by atoms with Crippen molar-refractivity contribution in [2.45, 2.75) is 130 Å². The number of rotatable bonds is 13. The summed E-state index contributed by atoms with van der Waals surface area (Å²) < 4.78 is 29.9. The average Bonchev–Trinajstić information content (AvgIpc) is 3.37. The molecule has 0 aliphatic heterocycles. The molecule has 3 fully saturated rings. The summed E-state index contributed by atoms with van der Waals surface area (Å²) in [7, 11) is -4.15. The second-order valence-corrected chi connectivity index (χ2v) is 18.2. The van der Waals surface area contributed by atoms with Gasteiger partial charge in [-0.25, -0.2) is 8.42 Å². The van der Waals surface area contributed by atoms with E-state index in [0.717, 1.165) is 42.9 Å². The van der Waals surface area contributed by atoms with Crippen LogP contribution in [0.1, 0.15) is 119 Å². The van der Waals surface area contributed by atoms with E-state index in [1.807, 2.05) is 0 Å². The van der Waals surface area contributed by atoms with Crippen LogP contribution >= 0.6 is 0 Å². The van der Waals surface area contributed by atoms with E-state index in [-0.39, 0.29) is 28.8 Å². The summed E-state index contributed by atoms with van der Waals surface area (Å²) in [6.07, 6.45) is 15.6. The van der Waals surface area contributed by atoms with E-state index >= 15 is 0 Å². The largest absolute Gasteiger partial charge is 0.356 e. The topological polar surface area (TPSA) is 110 Å². The molecule has 262 valence electrons. The molecule has 0 spiro atoms. The van der Waals surface area contributed by atoms with Gasteiger partial charge in [-0.2, -0.15) is 4.31 Å². The minimum atomic E-state index is -4.15. The Hall–Kier alpha value is -2.26. The van der Waals surface area contributed by atoms with E-state index in [1.54, 1.807) is 6.07 Å². The number of nitro groups is 1. The van der Waals surface area contributed by atoms with Gasteiger partial charge in [0.1, 0.15) is 0 Å². The van der Waals surface area contributed by atoms with Gasteiger partial charge < -0.3 is 5.32 Å². The zero-order valence-corrected chi connectivity index (χ0v) is 30.5. The summed E-state index contributed by atoms with van der Waals surface area (Å²) in [5, 5.41) is 14.6. The molecule has 1 N–H and O–H groups in total. The zero-order valence-electron chi connectivity index (χ0n) is 29.7. The van der Waals surface area contributed by atoms with Crippen molar-refractivity contribution in [3.63, 3.8) is 0 Å². The second kappa shape index (κ2) is 14.3. The van der Waals surface area contributed by atoms with Gasteiger partial charge in [-0.1, -0.05) is 77.7 Å². The molecule has 0 bridgehead atoms. The van der Waals surface area contributed by atoms with Crippen LogP contribution in [0.2, 0.25) is 0 Å². The highest BCUT2D eigenvalue weighted by Crippen LogP contribution is 2.67. The normalized spacial score (nSPS) is 32.7. The monoisotopic (exact) mass is 669 g/mol. The molecule has 4 unspecified atom stereocenters. The summed E-state index contributed by atoms with van der Waals surface area (Å²) in [5.41, 5.74) is 1.47. The first kappa shape index (κ1) is 36.0. The number of nitro benzene ring substituents is 1. The quantitative estimate of drug-likeness (QED) is 0.0980. The highest BCUT2D eigenvalue weighted by atomic mass is 32.2. The number of fused-ring (bicyclic) bond motifs is 5. The van der Waals surface area contributed by atoms with Crippen LogP contribution in [0.15, 0.2) is 40.8 Å². The molecule has 47 heavy (non-hydrogen) atoms. The number of carbonyl (C=O) groups excluding carboxylic acids is 1. The summed E-state index contributed by atoms with van der Waals surface area (Å²) in [4.78, 5) is 22.5. The van der Waals surface area contributed by atoms with Crippen molar-refractivity contribution < 1.29 is 18.1 Å². The van der Waals surface area contributed by atoms with Gasteiger partial charge in [0.05, 0.1) is 4.92 Å². The molecule has 0 saturated heterocycles. The number of para-hydroxylation sites is 1. The Balaban J connectivity index is 1.36. The van der Waals surface area contributed by atoms with Crippen LogP contribution in [-0.4, -0.2) is 42.7 Å². The molecule has 1 aromatic rings. The molecule has 1 aromatic carbocycles. The third kappa shape index (κ3) is 7.08. The number of sulfonamides is 1. The smallest absolute Gasteiger partial charge is 0.289 e. The van der Waals surface area contributed by atoms with Gasteiger partial charge in [0, 0.05) is 32.1 Å². The van der Waals surface area contributed by atoms with Crippen molar-refractivity contribution in [2.24, 2.45) is 46.3 Å². The minimum Gasteiger partial charge on any atom is -0.356 e. The molecule has 5 rings (SSSR count). The van der Waals surface area contributed by atoms with Gasteiger partial charge in [-0.3, -0.25) is 14.9 Å². The van der Waals surface area contributed by atoms with Gasteiger partial charge in [0.15, 0.2) is 4.90 Å². The number of hydrogen-bond acceptors (Lipinski definition) is 5. The Kier molecular flexibility index (Phi) is 11.0. The first-order valence-electron chi connectivity index (χ1n) is 18.4. The summed E-state index contributed by atoms with van der Waals surface area (Å²) in [6, 6.07) is 5.40. The lowest BCUT2D eigenvalue weighted by Crippen LogP contribution is -2.53. The molecule has 9 heteroatoms. The fourth-order valence-corrected chi connectivity index (χ4v) is 12.7. The Morgan fingerprint density at radius 2 is 1.79 bits per heavy atom. The number of benzene rings is 1. The molecule has 4 aliphatic rings. The fourth-order valence-electron chi connectivity index (χ4n) is 10.9. The SMILES string of the molecule is CC(=O)NCCCN([C@H]1CC[C@@]2(C)C(=CCC3C2CC[C@@]2(C)C3CC[C@@H]2C(C)CCCC(C)C)C1)S(=O)(=O)c1ccccc1[N+](=O)[O-]. The van der Waals surface area contributed by atoms with Crippen molar-refractivity contribution in [2.75, 3.05) is 13.1 Å². The van der Waals surface area contributed by atoms with Crippen LogP contribution < -0.4 is 5.32 Å². The van der Waals surface area contributed by atoms with Crippen LogP contribution in [-0.2, 0) is 14.8 Å². The highest BCUT2D eigenvalue weighted by molar-refractivity contribution is 7.89. The third-order valence-electron chi connectivity index (χ3n) is 13.3. The maximum Gasteiger partial charge on any atom is 0.289 e. The molecule has 0 heterocycles. The average molecular weight is 670 g/mol. The summed E-state index contributed by atoms with van der Waals surface area (Å²) >= 11 is 0. The summed E-state index contributed by atoms with van der Waals surface area (Å²) in [5.74, 6) is 4.28. The predicted octanol–water partition coefficient (Wildman–Crippen LogP) is 8.52. The van der Waals surface area contributed by atoms with Crippen molar-refractivity contribution >= 4 is 21.6 Å². The lowest BCUT2D eigenvalue weighted by molar-refractivity contribution is -0.387. The Morgan fingerprint density at radius 3 is 2.49 bits per heavy atom. The molecule has 4 aliphatic carbocycles. The van der Waals surface area contributed by atoms with Gasteiger partial charge in [0.2, 0.25) is 15.9 Å². The number of allylic oxidation sites excluding steroid dienone is 1. The zero-order chi connectivity index (χ0) is 34.1. The van der Waals surface area contributed by atoms with E-state index in [2.05, 4.69) is 46.0 Å². The lowest BCUT2D eigenvalue weighted by atomic mass is 9.47. The first-order valence-corrected chi connectivity index (χ1v) is 19.8. The Morgan fingerprint density at radius 1 is 1.04 bits per heavy atom. The fraction of sp³-hybridized carbons (Fsp3) is 0.763. The van der Waals surface area contributed by atoms with E-state index in [4.69, 9.17) is 0 Å². The first-order chi connectivity index (χ1) is 22.2. The van der Waals surface area contributed by atoms with Crippen LogP contribution in [0.25, 0.3) is 0 Å². The number of carbonyl (C=O) groups is 1. The third-order valence-corrected chi connectivity index (χ3v) is 15.3. The van der Waals surface area contributed by atoms with E-state index in [0.29, 0.717) is 36.6 Å². The molecule has 1 amide bonds. The van der Waals surface area contributed by atoms with Gasteiger partial charge in [-0.05, 0) is 110 Å². The maximum absolute atomic E-state index is 14.2. The second-order valence-electron chi connectivity index (χ2n) is 16.4. The molecule has 8 atom stereocenters. The van der Waals surface area contributed by atoms with E-state index < -0.39 is 20.6 Å². The number of nitrogens with one attached hydrogen (secondary N) is 1. The number of hydrogen-bond donors (Lipinski definition) is 1. The molecular formula is C38H59N3O5S. The van der Waals surface area contributed by atoms with Crippen LogP contribution in [0, 0.1) is 56.5 Å². The van der Waals surface area contributed by atoms with Crippen molar-refractivity contribution in [1.82, 2.24) is 9.62 Å². The standard InChI is InChI=1S/C38H59N3O5S/c1-26(2)11-9-12-27(3)32-17-18-33-31-16-15-29-25-30(19-21-37(29,5)34(31)20-22-38(32,33)6)40(24-10-23-39-28(4)42)47(45,46)36-14-8-7-13-35(36)41(43)44/h7-8,13-15,26-27,30-34H,9-12,16-25H2,1-6H3,(H,39,42)/t27?,30-,31?,32+,33?,34?,37-,38+/m0/s1. The van der Waals surface area contributed by atoms with Gasteiger partial charge in [-0.15, -0.1) is 0 Å². The van der Waals surface area contributed by atoms with Crippen molar-refractivity contribution in [1.29, 1.82) is 0 Å². The van der Waals surface area contributed by atoms with Crippen molar-refractivity contribution in [3.05, 3.63) is 46.0 Å².